The van der Waals surface area contributed by atoms with Gasteiger partial charge in [-0.2, -0.15) is 8.42 Å². The van der Waals surface area contributed by atoms with E-state index in [9.17, 15) is 8.42 Å². The number of hydrogen-bond donors (Lipinski definition) is 1. The standard InChI is InChI=1S/C8H10O4S/c1-12-13(10,11)8-5-3-2-4-7(8)6-9/h2-5,9H,6H2,1H3. The number of hydrogen-bond acceptors (Lipinski definition) is 4. The van der Waals surface area contributed by atoms with Gasteiger partial charge in [-0.15, -0.1) is 0 Å². The molecule has 0 radical (unpaired) electrons. The largest absolute Gasteiger partial charge is 0.392 e. The van der Waals surface area contributed by atoms with E-state index >= 15 is 0 Å². The molecule has 0 aliphatic rings. The topological polar surface area (TPSA) is 63.6 Å². The Balaban J connectivity index is 3.29. The summed E-state index contributed by atoms with van der Waals surface area (Å²) < 4.78 is 26.8. The van der Waals surface area contributed by atoms with Gasteiger partial charge in [-0.3, -0.25) is 4.18 Å². The Kier molecular flexibility index (Phi) is 3.02. The van der Waals surface area contributed by atoms with E-state index in [0.717, 1.165) is 7.11 Å². The van der Waals surface area contributed by atoms with Gasteiger partial charge in [-0.1, -0.05) is 18.2 Å². The molecular weight excluding hydrogens is 192 g/mol. The van der Waals surface area contributed by atoms with Crippen molar-refractivity contribution >= 4 is 10.1 Å². The Labute approximate surface area is 76.9 Å². The fraction of sp³-hybridized carbons (Fsp3) is 0.250. The second-order valence-corrected chi connectivity index (χ2v) is 4.07. The molecule has 0 aliphatic heterocycles. The van der Waals surface area contributed by atoms with Crippen LogP contribution in [-0.2, 0) is 20.9 Å². The van der Waals surface area contributed by atoms with Crippen LogP contribution in [0.4, 0.5) is 0 Å². The molecule has 0 atom stereocenters. The van der Waals surface area contributed by atoms with Gasteiger partial charge < -0.3 is 5.11 Å². The van der Waals surface area contributed by atoms with Crippen molar-refractivity contribution in [1.29, 1.82) is 0 Å². The molecule has 5 heteroatoms. The lowest BCUT2D eigenvalue weighted by atomic mass is 10.2. The van der Waals surface area contributed by atoms with Gasteiger partial charge in [0.05, 0.1) is 18.6 Å². The Morgan fingerprint density at radius 3 is 2.54 bits per heavy atom. The fourth-order valence-electron chi connectivity index (χ4n) is 0.968. The van der Waals surface area contributed by atoms with Crippen molar-refractivity contribution < 1.29 is 17.7 Å². The number of benzene rings is 1. The van der Waals surface area contributed by atoms with Crippen LogP contribution in [0.1, 0.15) is 5.56 Å². The number of rotatable bonds is 3. The van der Waals surface area contributed by atoms with Crippen LogP contribution >= 0.6 is 0 Å². The van der Waals surface area contributed by atoms with Gasteiger partial charge in [0.2, 0.25) is 0 Å². The minimum atomic E-state index is -3.70. The maximum Gasteiger partial charge on any atom is 0.297 e. The molecule has 0 bridgehead atoms. The molecule has 0 amide bonds. The third-order valence-electron chi connectivity index (χ3n) is 1.63. The zero-order valence-electron chi connectivity index (χ0n) is 7.10. The van der Waals surface area contributed by atoms with Gasteiger partial charge in [0.15, 0.2) is 0 Å². The summed E-state index contributed by atoms with van der Waals surface area (Å²) >= 11 is 0. The summed E-state index contributed by atoms with van der Waals surface area (Å²) in [5.74, 6) is 0. The second-order valence-electron chi connectivity index (χ2n) is 2.39. The van der Waals surface area contributed by atoms with Crippen molar-refractivity contribution in [3.05, 3.63) is 29.8 Å². The molecule has 4 nitrogen and oxygen atoms in total. The van der Waals surface area contributed by atoms with Crippen LogP contribution < -0.4 is 0 Å². The fourth-order valence-corrected chi connectivity index (χ4v) is 1.85. The second kappa shape index (κ2) is 3.87. The quantitative estimate of drug-likeness (QED) is 0.725. The zero-order chi connectivity index (χ0) is 9.90. The lowest BCUT2D eigenvalue weighted by molar-refractivity contribution is 0.277. The summed E-state index contributed by atoms with van der Waals surface area (Å²) in [5, 5.41) is 8.86. The molecule has 1 aromatic carbocycles. The van der Waals surface area contributed by atoms with Crippen LogP contribution in [-0.4, -0.2) is 20.6 Å². The third-order valence-corrected chi connectivity index (χ3v) is 3.01. The molecule has 0 saturated heterocycles. The predicted octanol–water partition coefficient (Wildman–Crippen LogP) is 0.514. The normalized spacial score (nSPS) is 11.5. The van der Waals surface area contributed by atoms with Gasteiger partial charge in [0.1, 0.15) is 0 Å². The number of aliphatic hydroxyl groups excluding tert-OH is 1. The van der Waals surface area contributed by atoms with Crippen LogP contribution in [0.3, 0.4) is 0 Å². The average molecular weight is 202 g/mol. The van der Waals surface area contributed by atoms with Gasteiger partial charge in [0.25, 0.3) is 10.1 Å². The maximum atomic E-state index is 11.2. The molecule has 1 N–H and O–H groups in total. The third kappa shape index (κ3) is 2.06. The highest BCUT2D eigenvalue weighted by atomic mass is 32.2. The van der Waals surface area contributed by atoms with E-state index in [1.165, 1.54) is 12.1 Å². The van der Waals surface area contributed by atoms with E-state index in [0.29, 0.717) is 5.56 Å². The monoisotopic (exact) mass is 202 g/mol. The molecule has 0 aliphatic carbocycles. The highest BCUT2D eigenvalue weighted by Gasteiger charge is 2.16. The van der Waals surface area contributed by atoms with Crippen LogP contribution in [0.15, 0.2) is 29.2 Å². The summed E-state index contributed by atoms with van der Waals surface area (Å²) in [6, 6.07) is 6.15. The minimum Gasteiger partial charge on any atom is -0.392 e. The first-order valence-electron chi connectivity index (χ1n) is 3.61. The average Bonchev–Trinajstić information content (AvgIpc) is 2.18. The van der Waals surface area contributed by atoms with Crippen LogP contribution in [0.2, 0.25) is 0 Å². The van der Waals surface area contributed by atoms with Crippen molar-refractivity contribution in [2.45, 2.75) is 11.5 Å². The molecule has 0 saturated carbocycles. The molecule has 0 aromatic heterocycles. The van der Waals surface area contributed by atoms with Crippen LogP contribution in [0.5, 0.6) is 0 Å². The van der Waals surface area contributed by atoms with Gasteiger partial charge in [-0.05, 0) is 11.6 Å². The molecule has 0 heterocycles. The predicted molar refractivity (Wildman–Crippen MR) is 46.6 cm³/mol. The molecule has 72 valence electrons. The zero-order valence-corrected chi connectivity index (χ0v) is 7.91. The van der Waals surface area contributed by atoms with Gasteiger partial charge in [-0.25, -0.2) is 0 Å². The van der Waals surface area contributed by atoms with Crippen LogP contribution in [0, 0.1) is 0 Å². The summed E-state index contributed by atoms with van der Waals surface area (Å²) in [5.41, 5.74) is 0.337. The van der Waals surface area contributed by atoms with E-state index in [1.54, 1.807) is 12.1 Å². The molecule has 0 unspecified atom stereocenters. The first kappa shape index (κ1) is 10.2. The van der Waals surface area contributed by atoms with E-state index < -0.39 is 10.1 Å². The Bertz CT molecular complexity index is 383. The van der Waals surface area contributed by atoms with Crippen molar-refractivity contribution in [2.24, 2.45) is 0 Å². The molecular formula is C8H10O4S. The Hall–Kier alpha value is -0.910. The minimum absolute atomic E-state index is 0.0139. The van der Waals surface area contributed by atoms with E-state index in [-0.39, 0.29) is 11.5 Å². The summed E-state index contributed by atoms with van der Waals surface area (Å²) in [4.78, 5) is 0.0139. The maximum absolute atomic E-state index is 11.2. The van der Waals surface area contributed by atoms with Crippen molar-refractivity contribution in [3.63, 3.8) is 0 Å². The Morgan fingerprint density at radius 1 is 1.38 bits per heavy atom. The van der Waals surface area contributed by atoms with Gasteiger partial charge >= 0.3 is 0 Å². The lowest BCUT2D eigenvalue weighted by Crippen LogP contribution is -2.06. The molecule has 0 fully saturated rings. The van der Waals surface area contributed by atoms with E-state index in [2.05, 4.69) is 4.18 Å². The van der Waals surface area contributed by atoms with Crippen LogP contribution in [0.25, 0.3) is 0 Å². The van der Waals surface area contributed by atoms with E-state index in [1.807, 2.05) is 0 Å². The van der Waals surface area contributed by atoms with Crippen molar-refractivity contribution in [2.75, 3.05) is 7.11 Å². The highest BCUT2D eigenvalue weighted by Crippen LogP contribution is 2.16. The van der Waals surface area contributed by atoms with Crippen molar-refractivity contribution in [1.82, 2.24) is 0 Å². The molecule has 13 heavy (non-hydrogen) atoms. The molecule has 0 spiro atoms. The van der Waals surface area contributed by atoms with E-state index in [4.69, 9.17) is 5.11 Å². The summed E-state index contributed by atoms with van der Waals surface area (Å²) in [7, 11) is -2.61. The van der Waals surface area contributed by atoms with Crippen molar-refractivity contribution in [3.8, 4) is 0 Å². The lowest BCUT2D eigenvalue weighted by Gasteiger charge is -2.05. The summed E-state index contributed by atoms with van der Waals surface area (Å²) in [6.07, 6.45) is 0. The Morgan fingerprint density at radius 2 is 2.00 bits per heavy atom. The highest BCUT2D eigenvalue weighted by molar-refractivity contribution is 7.86. The number of aliphatic hydroxyl groups is 1. The molecule has 1 rings (SSSR count). The SMILES string of the molecule is COS(=O)(=O)c1ccccc1CO. The van der Waals surface area contributed by atoms with Gasteiger partial charge in [0, 0.05) is 0 Å². The smallest absolute Gasteiger partial charge is 0.297 e. The molecule has 1 aromatic rings. The first-order chi connectivity index (χ1) is 6.11. The first-order valence-corrected chi connectivity index (χ1v) is 5.02. The summed E-state index contributed by atoms with van der Waals surface area (Å²) in [6.45, 7) is -0.321.